The zero-order valence-corrected chi connectivity index (χ0v) is 12.9. The molecule has 0 aliphatic heterocycles. The van der Waals surface area contributed by atoms with Crippen molar-refractivity contribution in [3.63, 3.8) is 0 Å². The van der Waals surface area contributed by atoms with Crippen molar-refractivity contribution in [2.24, 2.45) is 0 Å². The molecule has 0 radical (unpaired) electrons. The van der Waals surface area contributed by atoms with Gasteiger partial charge in [-0.3, -0.25) is 4.79 Å². The van der Waals surface area contributed by atoms with Gasteiger partial charge in [-0.25, -0.2) is 0 Å². The molecular formula is C21H18O. The van der Waals surface area contributed by atoms with E-state index in [0.29, 0.717) is 0 Å². The van der Waals surface area contributed by atoms with E-state index in [1.807, 2.05) is 0 Å². The van der Waals surface area contributed by atoms with Crippen molar-refractivity contribution in [3.05, 3.63) is 70.8 Å². The summed E-state index contributed by atoms with van der Waals surface area (Å²) in [6.07, 6.45) is 1.97. The minimum absolute atomic E-state index is 0.180. The molecule has 4 rings (SSSR count). The van der Waals surface area contributed by atoms with Crippen LogP contribution in [0.3, 0.4) is 0 Å². The topological polar surface area (TPSA) is 17.1 Å². The summed E-state index contributed by atoms with van der Waals surface area (Å²) in [5.74, 6) is 0.180. The number of rotatable bonds is 1. The van der Waals surface area contributed by atoms with Crippen molar-refractivity contribution in [2.45, 2.75) is 26.7 Å². The molecule has 0 bridgehead atoms. The van der Waals surface area contributed by atoms with Gasteiger partial charge >= 0.3 is 0 Å². The van der Waals surface area contributed by atoms with Crippen LogP contribution in [0.2, 0.25) is 0 Å². The summed E-state index contributed by atoms with van der Waals surface area (Å²) < 4.78 is 0. The first kappa shape index (κ1) is 13.3. The molecule has 1 aliphatic rings. The smallest absolute Gasteiger partial charge is 0.160 e. The van der Waals surface area contributed by atoms with E-state index in [4.69, 9.17) is 0 Å². The number of Topliss-reactive ketones (excluding diaryl/α,β-unsaturated/α-hetero) is 1. The van der Waals surface area contributed by atoms with Crippen LogP contribution in [0, 0.1) is 6.92 Å². The zero-order chi connectivity index (χ0) is 15.3. The van der Waals surface area contributed by atoms with Crippen LogP contribution in [0.4, 0.5) is 0 Å². The van der Waals surface area contributed by atoms with Crippen LogP contribution in [0.25, 0.3) is 21.9 Å². The first-order valence-corrected chi connectivity index (χ1v) is 7.82. The normalized spacial score (nSPS) is 12.8. The molecule has 0 aromatic heterocycles. The van der Waals surface area contributed by atoms with Gasteiger partial charge in [0.15, 0.2) is 5.78 Å². The highest BCUT2D eigenvalue weighted by molar-refractivity contribution is 6.10. The highest BCUT2D eigenvalue weighted by atomic mass is 16.1. The molecule has 0 saturated heterocycles. The first-order valence-electron chi connectivity index (χ1n) is 7.82. The first-order chi connectivity index (χ1) is 10.7. The summed E-state index contributed by atoms with van der Waals surface area (Å²) >= 11 is 0. The molecule has 0 spiro atoms. The maximum Gasteiger partial charge on any atom is 0.160 e. The van der Waals surface area contributed by atoms with Crippen LogP contribution in [-0.2, 0) is 12.8 Å². The molecule has 0 fully saturated rings. The lowest BCUT2D eigenvalue weighted by atomic mass is 9.78. The molecule has 1 aliphatic carbocycles. The van der Waals surface area contributed by atoms with Crippen molar-refractivity contribution in [3.8, 4) is 11.1 Å². The lowest BCUT2D eigenvalue weighted by Gasteiger charge is -2.25. The molecule has 0 atom stereocenters. The van der Waals surface area contributed by atoms with Gasteiger partial charge < -0.3 is 0 Å². The van der Waals surface area contributed by atoms with E-state index < -0.39 is 0 Å². The van der Waals surface area contributed by atoms with E-state index in [2.05, 4.69) is 55.5 Å². The number of hydrogen-bond donors (Lipinski definition) is 0. The van der Waals surface area contributed by atoms with Crippen LogP contribution in [0.1, 0.15) is 34.0 Å². The van der Waals surface area contributed by atoms with E-state index in [0.717, 1.165) is 24.0 Å². The Morgan fingerprint density at radius 3 is 2.36 bits per heavy atom. The minimum atomic E-state index is 0.180. The number of carbonyl (C=O) groups is 1. The maximum atomic E-state index is 12.3. The van der Waals surface area contributed by atoms with Gasteiger partial charge in [0.05, 0.1) is 0 Å². The van der Waals surface area contributed by atoms with Gasteiger partial charge in [0.1, 0.15) is 0 Å². The average molecular weight is 286 g/mol. The maximum absolute atomic E-state index is 12.3. The Labute approximate surface area is 130 Å². The standard InChI is InChI=1S/C21H18O/c1-13-16-8-5-6-10-18(16)21-17-9-4-3-7-15(17)11-12-19(21)20(13)14(2)22/h3-10H,11-12H2,1-2H3. The van der Waals surface area contributed by atoms with Crippen LogP contribution >= 0.6 is 0 Å². The highest BCUT2D eigenvalue weighted by Gasteiger charge is 2.24. The van der Waals surface area contributed by atoms with Gasteiger partial charge in [0.2, 0.25) is 0 Å². The molecule has 22 heavy (non-hydrogen) atoms. The number of carbonyl (C=O) groups excluding carboxylic acids is 1. The second kappa shape index (κ2) is 4.81. The lowest BCUT2D eigenvalue weighted by molar-refractivity contribution is 0.101. The Morgan fingerprint density at radius 2 is 1.59 bits per heavy atom. The summed E-state index contributed by atoms with van der Waals surface area (Å²) in [5.41, 5.74) is 7.25. The molecule has 0 amide bonds. The molecular weight excluding hydrogens is 268 g/mol. The lowest BCUT2D eigenvalue weighted by Crippen LogP contribution is -2.12. The quantitative estimate of drug-likeness (QED) is 0.568. The van der Waals surface area contributed by atoms with Crippen LogP contribution in [0.5, 0.6) is 0 Å². The molecule has 3 aromatic carbocycles. The number of hydrogen-bond acceptors (Lipinski definition) is 1. The Bertz CT molecular complexity index is 919. The molecule has 1 heteroatoms. The fraction of sp³-hybridized carbons (Fsp3) is 0.190. The van der Waals surface area contributed by atoms with Crippen molar-refractivity contribution >= 4 is 16.6 Å². The third-order valence-corrected chi connectivity index (χ3v) is 4.86. The zero-order valence-electron chi connectivity index (χ0n) is 12.9. The molecule has 108 valence electrons. The summed E-state index contributed by atoms with van der Waals surface area (Å²) in [4.78, 5) is 12.3. The fourth-order valence-electron chi connectivity index (χ4n) is 3.95. The van der Waals surface area contributed by atoms with Gasteiger partial charge in [0.25, 0.3) is 0 Å². The van der Waals surface area contributed by atoms with Crippen LogP contribution in [0.15, 0.2) is 48.5 Å². The SMILES string of the molecule is CC(=O)c1c2c(c3ccccc3c1C)-c1ccccc1CC2. The molecule has 0 N–H and O–H groups in total. The summed E-state index contributed by atoms with van der Waals surface area (Å²) in [7, 11) is 0. The molecule has 0 saturated carbocycles. The largest absolute Gasteiger partial charge is 0.294 e. The van der Waals surface area contributed by atoms with Crippen molar-refractivity contribution in [2.75, 3.05) is 0 Å². The van der Waals surface area contributed by atoms with Crippen LogP contribution < -0.4 is 0 Å². The minimum Gasteiger partial charge on any atom is -0.294 e. The average Bonchev–Trinajstić information content (AvgIpc) is 2.54. The number of ketones is 1. The number of aryl methyl sites for hydroxylation is 2. The predicted molar refractivity (Wildman–Crippen MR) is 91.5 cm³/mol. The number of benzene rings is 3. The summed E-state index contributed by atoms with van der Waals surface area (Å²) in [6.45, 7) is 3.78. The van der Waals surface area contributed by atoms with Crippen LogP contribution in [-0.4, -0.2) is 5.78 Å². The summed E-state index contributed by atoms with van der Waals surface area (Å²) in [5, 5.41) is 2.47. The van der Waals surface area contributed by atoms with E-state index in [1.54, 1.807) is 6.92 Å². The molecule has 0 heterocycles. The third-order valence-electron chi connectivity index (χ3n) is 4.86. The Kier molecular flexibility index (Phi) is 2.90. The molecule has 1 nitrogen and oxygen atoms in total. The Balaban J connectivity index is 2.23. The Morgan fingerprint density at radius 1 is 0.909 bits per heavy atom. The predicted octanol–water partition coefficient (Wildman–Crippen LogP) is 5.12. The van der Waals surface area contributed by atoms with E-state index >= 15 is 0 Å². The van der Waals surface area contributed by atoms with E-state index in [1.165, 1.54) is 33.0 Å². The second-order valence-corrected chi connectivity index (χ2v) is 6.11. The monoisotopic (exact) mass is 286 g/mol. The molecule has 0 unspecified atom stereocenters. The van der Waals surface area contributed by atoms with Gasteiger partial charge in [-0.15, -0.1) is 0 Å². The van der Waals surface area contributed by atoms with Gasteiger partial charge in [-0.1, -0.05) is 48.5 Å². The third kappa shape index (κ3) is 1.75. The van der Waals surface area contributed by atoms with Gasteiger partial charge in [-0.2, -0.15) is 0 Å². The van der Waals surface area contributed by atoms with E-state index in [-0.39, 0.29) is 5.78 Å². The second-order valence-electron chi connectivity index (χ2n) is 6.11. The van der Waals surface area contributed by atoms with Crippen molar-refractivity contribution < 1.29 is 4.79 Å². The highest BCUT2D eigenvalue weighted by Crippen LogP contribution is 2.42. The van der Waals surface area contributed by atoms with Gasteiger partial charge in [0, 0.05) is 5.56 Å². The Hall–Kier alpha value is -2.41. The van der Waals surface area contributed by atoms with Gasteiger partial charge in [-0.05, 0) is 65.3 Å². The fourth-order valence-corrected chi connectivity index (χ4v) is 3.95. The number of fused-ring (bicyclic) bond motifs is 5. The summed E-state index contributed by atoms with van der Waals surface area (Å²) in [6, 6.07) is 17.1. The van der Waals surface area contributed by atoms with E-state index in [9.17, 15) is 4.79 Å². The van der Waals surface area contributed by atoms with Crippen molar-refractivity contribution in [1.29, 1.82) is 0 Å². The molecule has 3 aromatic rings. The van der Waals surface area contributed by atoms with Crippen molar-refractivity contribution in [1.82, 2.24) is 0 Å².